The number of rotatable bonds is 6. The Morgan fingerprint density at radius 2 is 2.16 bits per heavy atom. The maximum Gasteiger partial charge on any atom is 0.243 e. The number of halogens is 1. The maximum atomic E-state index is 6.40. The number of aryl methyl sites for hydroxylation is 1. The van der Waals surface area contributed by atoms with E-state index in [1.54, 1.807) is 18.9 Å². The summed E-state index contributed by atoms with van der Waals surface area (Å²) in [5.41, 5.74) is 7.61. The standard InChI is InChI=1S/C17H18ClN5OS/c1-10-6-7-11(8-14(10)24-2)25-15-5-3-4-13(18)12(15)9-20-17-21-16(19)22-23-17/h3-8H,9H2,1-2H3,(H4,19,20,21,22,23). The van der Waals surface area contributed by atoms with Gasteiger partial charge in [-0.2, -0.15) is 4.98 Å². The van der Waals surface area contributed by atoms with E-state index < -0.39 is 0 Å². The summed E-state index contributed by atoms with van der Waals surface area (Å²) in [6, 6.07) is 12.0. The third-order valence-electron chi connectivity index (χ3n) is 3.61. The Morgan fingerprint density at radius 3 is 2.88 bits per heavy atom. The summed E-state index contributed by atoms with van der Waals surface area (Å²) >= 11 is 8.03. The van der Waals surface area contributed by atoms with E-state index in [0.29, 0.717) is 17.5 Å². The van der Waals surface area contributed by atoms with Crippen LogP contribution in [-0.2, 0) is 6.54 Å². The Bertz CT molecular complexity index is 883. The van der Waals surface area contributed by atoms with Crippen LogP contribution in [0.1, 0.15) is 11.1 Å². The molecule has 1 aromatic heterocycles. The lowest BCUT2D eigenvalue weighted by Crippen LogP contribution is -2.03. The molecule has 1 heterocycles. The minimum atomic E-state index is 0.267. The zero-order valence-electron chi connectivity index (χ0n) is 13.8. The van der Waals surface area contributed by atoms with Gasteiger partial charge in [0.25, 0.3) is 0 Å². The molecule has 0 bridgehead atoms. The highest BCUT2D eigenvalue weighted by Gasteiger charge is 2.11. The van der Waals surface area contributed by atoms with Crippen LogP contribution in [0.25, 0.3) is 0 Å². The molecule has 130 valence electrons. The average molecular weight is 376 g/mol. The SMILES string of the molecule is COc1cc(Sc2cccc(Cl)c2CNc2n[nH]c(N)n2)ccc1C. The van der Waals surface area contributed by atoms with Gasteiger partial charge in [0.15, 0.2) is 0 Å². The van der Waals surface area contributed by atoms with Gasteiger partial charge in [-0.25, -0.2) is 5.10 Å². The van der Waals surface area contributed by atoms with Crippen LogP contribution in [0.5, 0.6) is 5.75 Å². The lowest BCUT2D eigenvalue weighted by atomic mass is 10.2. The van der Waals surface area contributed by atoms with E-state index in [9.17, 15) is 0 Å². The Morgan fingerprint density at radius 1 is 1.32 bits per heavy atom. The normalized spacial score (nSPS) is 10.7. The van der Waals surface area contributed by atoms with Crippen molar-refractivity contribution < 1.29 is 4.74 Å². The molecule has 0 saturated carbocycles. The van der Waals surface area contributed by atoms with E-state index in [-0.39, 0.29) is 5.95 Å². The van der Waals surface area contributed by atoms with E-state index in [2.05, 4.69) is 26.6 Å². The van der Waals surface area contributed by atoms with Crippen molar-refractivity contribution in [1.29, 1.82) is 0 Å². The van der Waals surface area contributed by atoms with Crippen LogP contribution in [0, 0.1) is 6.92 Å². The van der Waals surface area contributed by atoms with Crippen molar-refractivity contribution in [3.8, 4) is 5.75 Å². The lowest BCUT2D eigenvalue weighted by molar-refractivity contribution is 0.410. The number of nitrogens with zero attached hydrogens (tertiary/aromatic N) is 2. The van der Waals surface area contributed by atoms with E-state index in [1.807, 2.05) is 37.3 Å². The number of nitrogens with one attached hydrogen (secondary N) is 2. The van der Waals surface area contributed by atoms with Crippen LogP contribution in [0.3, 0.4) is 0 Å². The van der Waals surface area contributed by atoms with Crippen molar-refractivity contribution in [2.45, 2.75) is 23.3 Å². The molecule has 3 aromatic rings. The molecule has 8 heteroatoms. The highest BCUT2D eigenvalue weighted by Crippen LogP contribution is 2.36. The second kappa shape index (κ2) is 7.67. The molecule has 3 rings (SSSR count). The molecule has 0 spiro atoms. The zero-order chi connectivity index (χ0) is 17.8. The summed E-state index contributed by atoms with van der Waals surface area (Å²) in [5.74, 6) is 1.57. The summed E-state index contributed by atoms with van der Waals surface area (Å²) in [6.45, 7) is 2.51. The molecule has 0 aliphatic rings. The molecule has 0 aliphatic carbocycles. The fraction of sp³-hybridized carbons (Fsp3) is 0.176. The van der Waals surface area contributed by atoms with Crippen molar-refractivity contribution in [3.05, 3.63) is 52.5 Å². The number of nitrogens with two attached hydrogens (primary N) is 1. The number of ether oxygens (including phenoxy) is 1. The summed E-state index contributed by atoms with van der Waals surface area (Å²) in [7, 11) is 1.67. The number of benzene rings is 2. The van der Waals surface area contributed by atoms with Crippen LogP contribution >= 0.6 is 23.4 Å². The minimum Gasteiger partial charge on any atom is -0.496 e. The van der Waals surface area contributed by atoms with E-state index in [4.69, 9.17) is 22.1 Å². The molecule has 0 radical (unpaired) electrons. The van der Waals surface area contributed by atoms with Gasteiger partial charge in [-0.3, -0.25) is 0 Å². The first kappa shape index (κ1) is 17.4. The number of methoxy groups -OCH3 is 1. The third-order valence-corrected chi connectivity index (χ3v) is 5.06. The minimum absolute atomic E-state index is 0.267. The van der Waals surface area contributed by atoms with E-state index >= 15 is 0 Å². The van der Waals surface area contributed by atoms with Crippen LogP contribution in [0.2, 0.25) is 5.02 Å². The second-order valence-electron chi connectivity index (χ2n) is 5.35. The number of anilines is 2. The molecule has 6 nitrogen and oxygen atoms in total. The van der Waals surface area contributed by atoms with Crippen molar-refractivity contribution in [3.63, 3.8) is 0 Å². The number of aromatic amines is 1. The quantitative estimate of drug-likeness (QED) is 0.600. The van der Waals surface area contributed by atoms with Gasteiger partial charge in [0.05, 0.1) is 7.11 Å². The molecule has 0 aliphatic heterocycles. The van der Waals surface area contributed by atoms with Crippen LogP contribution < -0.4 is 15.8 Å². The Labute approximate surface area is 155 Å². The Hall–Kier alpha value is -2.38. The summed E-state index contributed by atoms with van der Waals surface area (Å²) < 4.78 is 5.40. The number of hydrogen-bond acceptors (Lipinski definition) is 6. The predicted molar refractivity (Wildman–Crippen MR) is 101 cm³/mol. The molecule has 4 N–H and O–H groups in total. The van der Waals surface area contributed by atoms with E-state index in [1.165, 1.54) is 0 Å². The van der Waals surface area contributed by atoms with Crippen LogP contribution in [0.15, 0.2) is 46.2 Å². The number of aromatic nitrogens is 3. The molecule has 0 amide bonds. The molecule has 0 saturated heterocycles. The molecule has 0 unspecified atom stereocenters. The van der Waals surface area contributed by atoms with Crippen LogP contribution in [-0.4, -0.2) is 22.3 Å². The Balaban J connectivity index is 1.82. The molecule has 0 fully saturated rings. The first-order chi connectivity index (χ1) is 12.1. The van der Waals surface area contributed by atoms with Gasteiger partial charge in [0, 0.05) is 26.9 Å². The highest BCUT2D eigenvalue weighted by molar-refractivity contribution is 7.99. The lowest BCUT2D eigenvalue weighted by Gasteiger charge is -2.13. The highest BCUT2D eigenvalue weighted by atomic mass is 35.5. The number of hydrogen-bond donors (Lipinski definition) is 3. The fourth-order valence-electron chi connectivity index (χ4n) is 2.32. The summed E-state index contributed by atoms with van der Waals surface area (Å²) in [5, 5.41) is 10.4. The third kappa shape index (κ3) is 4.18. The zero-order valence-corrected chi connectivity index (χ0v) is 15.4. The van der Waals surface area contributed by atoms with Crippen molar-refractivity contribution in [1.82, 2.24) is 15.2 Å². The smallest absolute Gasteiger partial charge is 0.243 e. The van der Waals surface area contributed by atoms with Gasteiger partial charge in [-0.05, 0) is 36.8 Å². The molecule has 0 atom stereocenters. The molecule has 25 heavy (non-hydrogen) atoms. The van der Waals surface area contributed by atoms with E-state index in [0.717, 1.165) is 26.7 Å². The number of nitrogen functional groups attached to an aromatic ring is 1. The first-order valence-electron chi connectivity index (χ1n) is 7.58. The fourth-order valence-corrected chi connectivity index (χ4v) is 3.62. The monoisotopic (exact) mass is 375 g/mol. The van der Waals surface area contributed by atoms with Crippen molar-refractivity contribution in [2.24, 2.45) is 0 Å². The summed E-state index contributed by atoms with van der Waals surface area (Å²) in [4.78, 5) is 6.16. The van der Waals surface area contributed by atoms with Crippen molar-refractivity contribution >= 4 is 35.3 Å². The first-order valence-corrected chi connectivity index (χ1v) is 8.78. The number of H-pyrrole nitrogens is 1. The van der Waals surface area contributed by atoms with Gasteiger partial charge in [-0.15, -0.1) is 5.10 Å². The van der Waals surface area contributed by atoms with Crippen molar-refractivity contribution in [2.75, 3.05) is 18.2 Å². The predicted octanol–water partition coefficient (Wildman–Crippen LogP) is 4.12. The topological polar surface area (TPSA) is 88.8 Å². The average Bonchev–Trinajstić information content (AvgIpc) is 3.01. The van der Waals surface area contributed by atoms with Gasteiger partial charge in [-0.1, -0.05) is 35.5 Å². The molecule has 2 aromatic carbocycles. The Kier molecular flexibility index (Phi) is 5.35. The summed E-state index contributed by atoms with van der Waals surface area (Å²) in [6.07, 6.45) is 0. The van der Waals surface area contributed by atoms with Gasteiger partial charge < -0.3 is 15.8 Å². The van der Waals surface area contributed by atoms with Crippen LogP contribution in [0.4, 0.5) is 11.9 Å². The van der Waals surface area contributed by atoms with Gasteiger partial charge in [0.2, 0.25) is 11.9 Å². The largest absolute Gasteiger partial charge is 0.496 e. The molecular weight excluding hydrogens is 358 g/mol. The maximum absolute atomic E-state index is 6.40. The second-order valence-corrected chi connectivity index (χ2v) is 6.87. The molecular formula is C17H18ClN5OS. The van der Waals surface area contributed by atoms with Gasteiger partial charge in [0.1, 0.15) is 5.75 Å². The van der Waals surface area contributed by atoms with Gasteiger partial charge >= 0.3 is 0 Å².